The first-order chi connectivity index (χ1) is 24.0. The molecular weight excluding hydrogens is 657 g/mol. The Hall–Kier alpha value is -4.29. The highest BCUT2D eigenvalue weighted by molar-refractivity contribution is 7.89. The zero-order chi connectivity index (χ0) is 35.5. The average molecular weight is 703 g/mol. The molecule has 3 aromatic rings. The molecule has 1 aliphatic carbocycles. The standard InChI is InChI=1S/C38H46N4O7S/c1-3-5-16-31-36(44)42-24-28(21-33(42)35(43)40-38(37(45)46)23-27(38)4-2)49-34-22-32(26-14-10-8-11-15-26)39-30-18-17-25(20-29(30)34)13-9-6-7-12-19-50(47,48)41-31/h4,8,10-11,14-15,17-18,20,22,27-28,31,33,41H,2-3,5-7,9,12-13,16,19,21,23-24H2,1H3,(H,40,43)(H,45,46)/t27-,28-,31+,33+,38-/m1/s1. The first-order valence-corrected chi connectivity index (χ1v) is 19.3. The van der Waals surface area contributed by atoms with E-state index in [1.165, 1.54) is 11.0 Å². The summed E-state index contributed by atoms with van der Waals surface area (Å²) >= 11 is 0. The van der Waals surface area contributed by atoms with E-state index in [9.17, 15) is 27.9 Å². The van der Waals surface area contributed by atoms with Gasteiger partial charge in [0.1, 0.15) is 29.5 Å². The molecular formula is C38H46N4O7S. The van der Waals surface area contributed by atoms with Gasteiger partial charge in [-0.15, -0.1) is 6.58 Å². The van der Waals surface area contributed by atoms with Gasteiger partial charge in [0.25, 0.3) is 0 Å². The van der Waals surface area contributed by atoms with Gasteiger partial charge in [-0.3, -0.25) is 9.59 Å². The second kappa shape index (κ2) is 14.9. The van der Waals surface area contributed by atoms with Crippen LogP contribution in [0.15, 0.2) is 67.3 Å². The Morgan fingerprint density at radius 2 is 1.92 bits per heavy atom. The zero-order valence-corrected chi connectivity index (χ0v) is 29.3. The molecule has 0 unspecified atom stereocenters. The molecule has 50 heavy (non-hydrogen) atoms. The van der Waals surface area contributed by atoms with Gasteiger partial charge in [0.05, 0.1) is 23.5 Å². The van der Waals surface area contributed by atoms with Gasteiger partial charge in [0.15, 0.2) is 0 Å². The van der Waals surface area contributed by atoms with Gasteiger partial charge in [-0.2, -0.15) is 0 Å². The summed E-state index contributed by atoms with van der Waals surface area (Å²) in [5.41, 5.74) is 1.98. The number of unbranched alkanes of at least 4 members (excludes halogenated alkanes) is 1. The van der Waals surface area contributed by atoms with E-state index in [2.05, 4.69) is 28.8 Å². The Kier molecular flexibility index (Phi) is 10.6. The number of aryl methyl sites for hydroxylation is 1. The monoisotopic (exact) mass is 702 g/mol. The molecule has 3 N–H and O–H groups in total. The van der Waals surface area contributed by atoms with Gasteiger partial charge in [-0.25, -0.2) is 22.9 Å². The number of nitrogens with zero attached hydrogens (tertiary/aromatic N) is 2. The molecule has 2 aliphatic heterocycles. The number of ether oxygens (including phenoxy) is 1. The number of sulfonamides is 1. The number of amides is 2. The number of pyridine rings is 1. The molecule has 2 amide bonds. The Labute approximate surface area is 293 Å². The lowest BCUT2D eigenvalue weighted by molar-refractivity contribution is -0.145. The molecule has 1 saturated heterocycles. The van der Waals surface area contributed by atoms with Crippen LogP contribution in [0.5, 0.6) is 5.75 Å². The summed E-state index contributed by atoms with van der Waals surface area (Å²) in [6, 6.07) is 15.6. The number of carboxylic acids is 1. The third kappa shape index (κ3) is 7.71. The minimum absolute atomic E-state index is 0.0103. The molecule has 12 heteroatoms. The van der Waals surface area contributed by atoms with E-state index >= 15 is 0 Å². The highest BCUT2D eigenvalue weighted by Crippen LogP contribution is 2.45. The topological polar surface area (TPSA) is 155 Å². The van der Waals surface area contributed by atoms with E-state index in [1.54, 1.807) is 0 Å². The van der Waals surface area contributed by atoms with Crippen molar-refractivity contribution in [3.05, 3.63) is 72.8 Å². The van der Waals surface area contributed by atoms with Gasteiger partial charge in [0, 0.05) is 29.4 Å². The number of aliphatic carboxylic acids is 1. The van der Waals surface area contributed by atoms with Crippen LogP contribution in [0, 0.1) is 5.92 Å². The summed E-state index contributed by atoms with van der Waals surface area (Å²) in [7, 11) is -3.80. The van der Waals surface area contributed by atoms with Gasteiger partial charge in [0.2, 0.25) is 21.8 Å². The van der Waals surface area contributed by atoms with Crippen LogP contribution in [0.2, 0.25) is 0 Å². The van der Waals surface area contributed by atoms with E-state index < -0.39 is 57.5 Å². The minimum Gasteiger partial charge on any atom is -0.488 e. The first-order valence-electron chi connectivity index (χ1n) is 17.7. The summed E-state index contributed by atoms with van der Waals surface area (Å²) in [5, 5.41) is 13.6. The number of carboxylic acid groups (broad SMARTS) is 1. The highest BCUT2D eigenvalue weighted by Gasteiger charge is 2.61. The second-order valence-corrected chi connectivity index (χ2v) is 15.7. The normalized spacial score (nSPS) is 26.8. The molecule has 0 radical (unpaired) electrons. The van der Waals surface area contributed by atoms with Gasteiger partial charge in [-0.1, -0.05) is 75.1 Å². The van der Waals surface area contributed by atoms with Crippen LogP contribution in [0.25, 0.3) is 22.2 Å². The molecule has 0 spiro atoms. The summed E-state index contributed by atoms with van der Waals surface area (Å²) in [6.45, 7) is 5.68. The fraction of sp³-hybridized carbons (Fsp3) is 0.474. The van der Waals surface area contributed by atoms with Crippen LogP contribution < -0.4 is 14.8 Å². The number of nitrogens with one attached hydrogen (secondary N) is 2. The van der Waals surface area contributed by atoms with Crippen LogP contribution in [-0.2, 0) is 30.8 Å². The number of hydrogen-bond donors (Lipinski definition) is 3. The highest BCUT2D eigenvalue weighted by atomic mass is 32.2. The van der Waals surface area contributed by atoms with Crippen molar-refractivity contribution in [3.63, 3.8) is 0 Å². The third-order valence-corrected chi connectivity index (χ3v) is 11.6. The summed E-state index contributed by atoms with van der Waals surface area (Å²) in [5.74, 6) is -2.29. The van der Waals surface area contributed by atoms with E-state index in [0.29, 0.717) is 24.3 Å². The molecule has 3 heterocycles. The maximum atomic E-state index is 14.3. The van der Waals surface area contributed by atoms with Crippen molar-refractivity contribution >= 4 is 38.7 Å². The number of rotatable bonds is 8. The molecule has 1 saturated carbocycles. The number of aromatic nitrogens is 1. The van der Waals surface area contributed by atoms with Crippen molar-refractivity contribution in [3.8, 4) is 17.0 Å². The molecule has 5 atom stereocenters. The number of hydrogen-bond acceptors (Lipinski definition) is 7. The van der Waals surface area contributed by atoms with E-state index in [0.717, 1.165) is 54.1 Å². The first kappa shape index (κ1) is 35.5. The fourth-order valence-electron chi connectivity index (χ4n) is 7.22. The zero-order valence-electron chi connectivity index (χ0n) is 28.5. The minimum atomic E-state index is -3.80. The molecule has 11 nitrogen and oxygen atoms in total. The number of benzene rings is 2. The average Bonchev–Trinajstić information content (AvgIpc) is 3.67. The number of carbonyl (C=O) groups is 3. The van der Waals surface area contributed by atoms with Crippen LogP contribution in [-0.4, -0.2) is 77.2 Å². The van der Waals surface area contributed by atoms with Crippen LogP contribution >= 0.6 is 0 Å². The summed E-state index contributed by atoms with van der Waals surface area (Å²) in [6.07, 6.45) is 6.50. The van der Waals surface area contributed by atoms with E-state index in [-0.39, 0.29) is 31.6 Å². The van der Waals surface area contributed by atoms with Crippen molar-refractivity contribution in [1.82, 2.24) is 19.9 Å². The third-order valence-electron chi connectivity index (χ3n) is 10.2. The Morgan fingerprint density at radius 1 is 1.14 bits per heavy atom. The largest absolute Gasteiger partial charge is 0.488 e. The lowest BCUT2D eigenvalue weighted by Gasteiger charge is -2.29. The summed E-state index contributed by atoms with van der Waals surface area (Å²) in [4.78, 5) is 46.9. The van der Waals surface area contributed by atoms with Crippen molar-refractivity contribution in [1.29, 1.82) is 0 Å². The number of carbonyl (C=O) groups excluding carboxylic acids is 2. The molecule has 3 aliphatic rings. The SMILES string of the molecule is C=C[C@@H]1C[C@]1(NC(=O)[C@@H]1C[C@@H]2CN1C(=O)[C@H](CCCC)NS(=O)(=O)CCCCCCc1ccc3nc(-c4ccccc4)cc(c3c1)O2)C(=O)O. The predicted octanol–water partition coefficient (Wildman–Crippen LogP) is 4.99. The molecule has 266 valence electrons. The van der Waals surface area contributed by atoms with Crippen LogP contribution in [0.4, 0.5) is 0 Å². The lowest BCUT2D eigenvalue weighted by Crippen LogP contribution is -2.56. The lowest BCUT2D eigenvalue weighted by atomic mass is 10.0. The maximum absolute atomic E-state index is 14.3. The smallest absolute Gasteiger partial charge is 0.330 e. The van der Waals surface area contributed by atoms with Gasteiger partial charge >= 0.3 is 5.97 Å². The molecule has 1 aromatic heterocycles. The van der Waals surface area contributed by atoms with E-state index in [1.807, 2.05) is 49.4 Å². The fourth-order valence-corrected chi connectivity index (χ4v) is 8.57. The summed E-state index contributed by atoms with van der Waals surface area (Å²) < 4.78 is 35.9. The Balaban J connectivity index is 1.40. The van der Waals surface area contributed by atoms with Crippen molar-refractivity contribution in [2.24, 2.45) is 5.92 Å². The van der Waals surface area contributed by atoms with Gasteiger partial charge in [-0.05, 0) is 49.8 Å². The van der Waals surface area contributed by atoms with Crippen LogP contribution in [0.3, 0.4) is 0 Å². The number of fused-ring (bicyclic) bond motifs is 3. The predicted molar refractivity (Wildman–Crippen MR) is 191 cm³/mol. The maximum Gasteiger partial charge on any atom is 0.330 e. The van der Waals surface area contributed by atoms with Crippen molar-refractivity contribution in [2.45, 2.75) is 94.9 Å². The van der Waals surface area contributed by atoms with Crippen molar-refractivity contribution < 1.29 is 32.6 Å². The second-order valence-electron chi connectivity index (χ2n) is 13.8. The Morgan fingerprint density at radius 3 is 2.64 bits per heavy atom. The van der Waals surface area contributed by atoms with Crippen LogP contribution in [0.1, 0.15) is 70.3 Å². The quantitative estimate of drug-likeness (QED) is 0.278. The Bertz CT molecular complexity index is 1870. The molecule has 2 fully saturated rings. The van der Waals surface area contributed by atoms with E-state index in [4.69, 9.17) is 9.72 Å². The van der Waals surface area contributed by atoms with Gasteiger partial charge < -0.3 is 20.1 Å². The molecule has 6 rings (SSSR count). The van der Waals surface area contributed by atoms with Crippen molar-refractivity contribution in [2.75, 3.05) is 12.3 Å². The molecule has 4 bridgehead atoms. The molecule has 2 aromatic carbocycles.